The molecule has 3 rings (SSSR count). The predicted octanol–water partition coefficient (Wildman–Crippen LogP) is 3.76. The first kappa shape index (κ1) is 18.1. The molecule has 1 N–H and O–H groups in total. The summed E-state index contributed by atoms with van der Waals surface area (Å²) in [6.45, 7) is 0. The number of rotatable bonds is 5. The molecule has 0 radical (unpaired) electrons. The number of aromatic nitrogens is 1. The molecule has 1 heterocycles. The third-order valence-corrected chi connectivity index (χ3v) is 4.54. The molecule has 0 bridgehead atoms. The van der Waals surface area contributed by atoms with Crippen molar-refractivity contribution in [2.24, 2.45) is 0 Å². The number of carbonyl (C=O) groups is 1. The molecule has 0 spiro atoms. The Morgan fingerprint density at radius 3 is 2.65 bits per heavy atom. The highest BCUT2D eigenvalue weighted by Crippen LogP contribution is 2.24. The lowest BCUT2D eigenvalue weighted by Crippen LogP contribution is -2.39. The Balaban J connectivity index is 1.50. The van der Waals surface area contributed by atoms with Crippen LogP contribution in [0.25, 0.3) is 0 Å². The van der Waals surface area contributed by atoms with Crippen molar-refractivity contribution in [2.45, 2.75) is 37.8 Å². The molecule has 1 aromatic heterocycles. The Labute approximate surface area is 155 Å². The van der Waals surface area contributed by atoms with Crippen LogP contribution in [0.5, 0.6) is 5.88 Å². The number of hydrogen-bond donors (Lipinski definition) is 1. The number of nitro groups is 1. The third-order valence-electron chi connectivity index (χ3n) is 4.32. The summed E-state index contributed by atoms with van der Waals surface area (Å²) >= 11 is 5.80. The lowest BCUT2D eigenvalue weighted by molar-refractivity contribution is -0.384. The van der Waals surface area contributed by atoms with Crippen LogP contribution >= 0.6 is 11.6 Å². The number of ether oxygens (including phenoxy) is 1. The summed E-state index contributed by atoms with van der Waals surface area (Å²) in [5.74, 6) is 0.246. The van der Waals surface area contributed by atoms with Gasteiger partial charge in [-0.15, -0.1) is 0 Å². The van der Waals surface area contributed by atoms with Crippen LogP contribution in [-0.2, 0) is 0 Å². The zero-order valence-corrected chi connectivity index (χ0v) is 14.7. The number of carbonyl (C=O) groups excluding carboxylic acids is 1. The predicted molar refractivity (Wildman–Crippen MR) is 96.5 cm³/mol. The van der Waals surface area contributed by atoms with Crippen molar-refractivity contribution in [3.63, 3.8) is 0 Å². The van der Waals surface area contributed by atoms with Gasteiger partial charge in [-0.3, -0.25) is 14.9 Å². The lowest BCUT2D eigenvalue weighted by atomic mass is 9.92. The minimum absolute atomic E-state index is 0.0276. The first-order chi connectivity index (χ1) is 12.5. The van der Waals surface area contributed by atoms with Crippen molar-refractivity contribution >= 4 is 23.2 Å². The van der Waals surface area contributed by atoms with Gasteiger partial charge in [-0.1, -0.05) is 17.7 Å². The average Bonchev–Trinajstić information content (AvgIpc) is 2.65. The number of pyridine rings is 1. The standard InChI is InChI=1S/C18H18ClN3O4/c19-13-4-9-17(20-11-13)26-16-7-5-14(6-8-16)21-18(23)12-2-1-3-15(10-12)22(24)25/h1-4,9-11,14,16H,5-8H2,(H,21,23). The summed E-state index contributed by atoms with van der Waals surface area (Å²) in [6, 6.07) is 9.23. The Kier molecular flexibility index (Phi) is 5.68. The van der Waals surface area contributed by atoms with Crippen LogP contribution in [0.1, 0.15) is 36.0 Å². The summed E-state index contributed by atoms with van der Waals surface area (Å²) in [5, 5.41) is 14.3. The van der Waals surface area contributed by atoms with Crippen LogP contribution in [0.2, 0.25) is 5.02 Å². The Morgan fingerprint density at radius 2 is 2.00 bits per heavy atom. The van der Waals surface area contributed by atoms with Crippen molar-refractivity contribution in [1.82, 2.24) is 10.3 Å². The maximum atomic E-state index is 12.3. The van der Waals surface area contributed by atoms with Gasteiger partial charge in [0.05, 0.1) is 9.95 Å². The quantitative estimate of drug-likeness (QED) is 0.634. The van der Waals surface area contributed by atoms with Crippen molar-refractivity contribution in [3.05, 3.63) is 63.3 Å². The van der Waals surface area contributed by atoms with Crippen LogP contribution in [0.15, 0.2) is 42.6 Å². The van der Waals surface area contributed by atoms with Gasteiger partial charge in [-0.05, 0) is 37.8 Å². The Bertz CT molecular complexity index is 789. The maximum Gasteiger partial charge on any atom is 0.270 e. The van der Waals surface area contributed by atoms with Gasteiger partial charge < -0.3 is 10.1 Å². The second-order valence-electron chi connectivity index (χ2n) is 6.19. The van der Waals surface area contributed by atoms with Gasteiger partial charge >= 0.3 is 0 Å². The molecule has 1 aliphatic rings. The van der Waals surface area contributed by atoms with E-state index >= 15 is 0 Å². The topological polar surface area (TPSA) is 94.4 Å². The van der Waals surface area contributed by atoms with E-state index in [2.05, 4.69) is 10.3 Å². The number of hydrogen-bond acceptors (Lipinski definition) is 5. The molecule has 0 atom stereocenters. The molecule has 1 aliphatic carbocycles. The van der Waals surface area contributed by atoms with E-state index in [1.807, 2.05) is 0 Å². The average molecular weight is 376 g/mol. The lowest BCUT2D eigenvalue weighted by Gasteiger charge is -2.29. The zero-order chi connectivity index (χ0) is 18.5. The normalized spacial score (nSPS) is 19.6. The van der Waals surface area contributed by atoms with E-state index in [4.69, 9.17) is 16.3 Å². The highest BCUT2D eigenvalue weighted by molar-refractivity contribution is 6.30. The van der Waals surface area contributed by atoms with E-state index in [-0.39, 0.29) is 23.7 Å². The van der Waals surface area contributed by atoms with Gasteiger partial charge in [-0.2, -0.15) is 0 Å². The second-order valence-corrected chi connectivity index (χ2v) is 6.62. The first-order valence-corrected chi connectivity index (χ1v) is 8.72. The number of halogens is 1. The number of nitro benzene ring substituents is 1. The van der Waals surface area contributed by atoms with Gasteiger partial charge in [0.25, 0.3) is 11.6 Å². The van der Waals surface area contributed by atoms with Crippen molar-refractivity contribution in [3.8, 4) is 5.88 Å². The van der Waals surface area contributed by atoms with E-state index in [9.17, 15) is 14.9 Å². The molecule has 1 amide bonds. The molecule has 1 saturated carbocycles. The smallest absolute Gasteiger partial charge is 0.270 e. The van der Waals surface area contributed by atoms with Crippen LogP contribution in [-0.4, -0.2) is 28.0 Å². The summed E-state index contributed by atoms with van der Waals surface area (Å²) < 4.78 is 5.83. The summed E-state index contributed by atoms with van der Waals surface area (Å²) in [7, 11) is 0. The summed E-state index contributed by atoms with van der Waals surface area (Å²) in [6.07, 6.45) is 4.74. The molecular formula is C18H18ClN3O4. The van der Waals surface area contributed by atoms with Crippen molar-refractivity contribution in [1.29, 1.82) is 0 Å². The number of nitrogens with zero attached hydrogens (tertiary/aromatic N) is 2. The molecule has 0 aliphatic heterocycles. The molecule has 26 heavy (non-hydrogen) atoms. The monoisotopic (exact) mass is 375 g/mol. The highest BCUT2D eigenvalue weighted by atomic mass is 35.5. The van der Waals surface area contributed by atoms with Gasteiger partial charge in [0, 0.05) is 36.0 Å². The van der Waals surface area contributed by atoms with Gasteiger partial charge in [0.15, 0.2) is 0 Å². The number of amides is 1. The zero-order valence-electron chi connectivity index (χ0n) is 13.9. The molecule has 0 saturated heterocycles. The van der Waals surface area contributed by atoms with E-state index in [0.29, 0.717) is 16.5 Å². The third kappa shape index (κ3) is 4.70. The molecule has 136 valence electrons. The molecular weight excluding hydrogens is 358 g/mol. The first-order valence-electron chi connectivity index (χ1n) is 8.35. The minimum atomic E-state index is -0.510. The van der Waals surface area contributed by atoms with E-state index < -0.39 is 4.92 Å². The van der Waals surface area contributed by atoms with Gasteiger partial charge in [-0.25, -0.2) is 4.98 Å². The number of benzene rings is 1. The molecule has 0 unspecified atom stereocenters. The van der Waals surface area contributed by atoms with E-state index in [1.54, 1.807) is 24.4 Å². The van der Waals surface area contributed by atoms with Crippen molar-refractivity contribution in [2.75, 3.05) is 0 Å². The van der Waals surface area contributed by atoms with E-state index in [0.717, 1.165) is 25.7 Å². The largest absolute Gasteiger partial charge is 0.474 e. The van der Waals surface area contributed by atoms with Crippen LogP contribution in [0, 0.1) is 10.1 Å². The minimum Gasteiger partial charge on any atom is -0.474 e. The van der Waals surface area contributed by atoms with Crippen LogP contribution in [0.4, 0.5) is 5.69 Å². The Hall–Kier alpha value is -2.67. The number of non-ortho nitro benzene ring substituents is 1. The Morgan fingerprint density at radius 1 is 1.23 bits per heavy atom. The fraction of sp³-hybridized carbons (Fsp3) is 0.333. The molecule has 1 fully saturated rings. The maximum absolute atomic E-state index is 12.3. The fourth-order valence-corrected chi connectivity index (χ4v) is 3.07. The van der Waals surface area contributed by atoms with Crippen molar-refractivity contribution < 1.29 is 14.5 Å². The molecule has 2 aromatic rings. The van der Waals surface area contributed by atoms with Gasteiger partial charge in [0.1, 0.15) is 6.10 Å². The highest BCUT2D eigenvalue weighted by Gasteiger charge is 2.24. The molecule has 8 heteroatoms. The van der Waals surface area contributed by atoms with E-state index in [1.165, 1.54) is 18.2 Å². The van der Waals surface area contributed by atoms with Crippen LogP contribution in [0.3, 0.4) is 0 Å². The SMILES string of the molecule is O=C(NC1CCC(Oc2ccc(Cl)cn2)CC1)c1cccc([N+](=O)[O-])c1. The fourth-order valence-electron chi connectivity index (χ4n) is 2.96. The number of nitrogens with one attached hydrogen (secondary N) is 1. The second kappa shape index (κ2) is 8.14. The summed E-state index contributed by atoms with van der Waals surface area (Å²) in [5.41, 5.74) is 0.202. The van der Waals surface area contributed by atoms with Crippen LogP contribution < -0.4 is 10.1 Å². The van der Waals surface area contributed by atoms with Gasteiger partial charge in [0.2, 0.25) is 5.88 Å². The molecule has 7 nitrogen and oxygen atoms in total. The molecule has 1 aromatic carbocycles. The summed E-state index contributed by atoms with van der Waals surface area (Å²) in [4.78, 5) is 26.7.